The van der Waals surface area contributed by atoms with E-state index in [9.17, 15) is 19.2 Å². The molecule has 11 heteroatoms. The first-order chi connectivity index (χ1) is 18.9. The first kappa shape index (κ1) is 30.1. The molecule has 1 fully saturated rings. The number of amides is 4. The van der Waals surface area contributed by atoms with E-state index in [1.165, 1.54) is 12.0 Å². The summed E-state index contributed by atoms with van der Waals surface area (Å²) in [5.41, 5.74) is 1.55. The van der Waals surface area contributed by atoms with Gasteiger partial charge in [-0.25, -0.2) is 9.59 Å². The molecule has 214 valence electrons. The van der Waals surface area contributed by atoms with Gasteiger partial charge in [-0.15, -0.1) is 0 Å². The van der Waals surface area contributed by atoms with Crippen LogP contribution < -0.4 is 16.0 Å². The van der Waals surface area contributed by atoms with Crippen LogP contribution in [0.1, 0.15) is 56.7 Å². The summed E-state index contributed by atoms with van der Waals surface area (Å²) >= 11 is 0. The number of amidine groups is 1. The molecular formula is C29H37N5O6. The number of rotatable bonds is 7. The zero-order valence-electron chi connectivity index (χ0n) is 23.4. The van der Waals surface area contributed by atoms with Gasteiger partial charge in [-0.05, 0) is 45.2 Å². The predicted octanol–water partition coefficient (Wildman–Crippen LogP) is 3.28. The standard InChI is InChI=1S/C29H37N5O6/c1-18(25(35)31-16-19-11-13-21(14-12-19)24(30)33-27(37)39-5)32-26(36)23-15-22(20-9-7-6-8-10-20)17-34(23)28(38)40-29(2,3)4/h6-14,18,22-23H,15-17H2,1-5H3,(H,31,35)(H,32,36)(H2,30,33,37)/t18-,22-,23+/m0/s1. The van der Waals surface area contributed by atoms with Crippen LogP contribution in [0.2, 0.25) is 0 Å². The van der Waals surface area contributed by atoms with Crippen LogP contribution >= 0.6 is 0 Å². The molecule has 0 radical (unpaired) electrons. The normalized spacial score (nSPS) is 17.4. The van der Waals surface area contributed by atoms with Crippen LogP contribution in [0.5, 0.6) is 0 Å². The molecule has 0 saturated carbocycles. The Morgan fingerprint density at radius 1 is 1.05 bits per heavy atom. The van der Waals surface area contributed by atoms with Gasteiger partial charge in [0, 0.05) is 24.6 Å². The highest BCUT2D eigenvalue weighted by molar-refractivity contribution is 6.04. The molecule has 2 aromatic carbocycles. The molecule has 0 aliphatic carbocycles. The number of nitrogens with zero attached hydrogens (tertiary/aromatic N) is 1. The third kappa shape index (κ3) is 8.29. The SMILES string of the molecule is COC(=O)NC(=N)c1ccc(CNC(=O)[C@H](C)NC(=O)[C@H]2C[C@H](c3ccccc3)CN2C(=O)OC(C)(C)C)cc1. The Morgan fingerprint density at radius 2 is 1.70 bits per heavy atom. The van der Waals surface area contributed by atoms with Crippen molar-refractivity contribution in [2.45, 2.75) is 64.3 Å². The lowest BCUT2D eigenvalue weighted by molar-refractivity contribution is -0.131. The summed E-state index contributed by atoms with van der Waals surface area (Å²) in [4.78, 5) is 51.7. The largest absolute Gasteiger partial charge is 0.453 e. The number of hydrogen-bond acceptors (Lipinski definition) is 7. The van der Waals surface area contributed by atoms with Gasteiger partial charge in [0.25, 0.3) is 0 Å². The Hall–Kier alpha value is -4.41. The number of alkyl carbamates (subject to hydrolysis) is 1. The van der Waals surface area contributed by atoms with Gasteiger partial charge in [-0.2, -0.15) is 0 Å². The van der Waals surface area contributed by atoms with Crippen molar-refractivity contribution >= 4 is 29.8 Å². The lowest BCUT2D eigenvalue weighted by Gasteiger charge is -2.28. The van der Waals surface area contributed by atoms with Crippen molar-refractivity contribution in [2.24, 2.45) is 0 Å². The van der Waals surface area contributed by atoms with Gasteiger partial charge in [0.2, 0.25) is 11.8 Å². The second kappa shape index (κ2) is 13.1. The first-order valence-corrected chi connectivity index (χ1v) is 13.0. The first-order valence-electron chi connectivity index (χ1n) is 13.0. The van der Waals surface area contributed by atoms with Crippen molar-refractivity contribution in [3.63, 3.8) is 0 Å². The van der Waals surface area contributed by atoms with Crippen LogP contribution in [-0.4, -0.2) is 66.1 Å². The summed E-state index contributed by atoms with van der Waals surface area (Å²) in [5, 5.41) is 15.7. The van der Waals surface area contributed by atoms with Crippen LogP contribution in [-0.2, 0) is 25.6 Å². The Kier molecular flexibility index (Phi) is 9.87. The minimum Gasteiger partial charge on any atom is -0.453 e. The maximum absolute atomic E-state index is 13.3. The molecule has 3 rings (SSSR count). The Balaban J connectivity index is 1.59. The summed E-state index contributed by atoms with van der Waals surface area (Å²) in [6.07, 6.45) is -0.892. The number of carbonyl (C=O) groups excluding carboxylic acids is 4. The highest BCUT2D eigenvalue weighted by atomic mass is 16.6. The highest BCUT2D eigenvalue weighted by Gasteiger charge is 2.42. The number of benzene rings is 2. The zero-order chi connectivity index (χ0) is 29.4. The van der Waals surface area contributed by atoms with Crippen LogP contribution in [0.3, 0.4) is 0 Å². The van der Waals surface area contributed by atoms with E-state index in [-0.39, 0.29) is 24.2 Å². The van der Waals surface area contributed by atoms with Crippen molar-refractivity contribution in [3.05, 3.63) is 71.3 Å². The van der Waals surface area contributed by atoms with Gasteiger partial charge in [-0.1, -0.05) is 54.6 Å². The molecular weight excluding hydrogens is 514 g/mol. The average Bonchev–Trinajstić information content (AvgIpc) is 3.37. The molecule has 1 heterocycles. The lowest BCUT2D eigenvalue weighted by atomic mass is 9.96. The quantitative estimate of drug-likeness (QED) is 0.306. The molecule has 3 atom stereocenters. The van der Waals surface area contributed by atoms with Gasteiger partial charge >= 0.3 is 12.2 Å². The number of hydrogen-bond donors (Lipinski definition) is 4. The fourth-order valence-corrected chi connectivity index (χ4v) is 4.31. The molecule has 11 nitrogen and oxygen atoms in total. The highest BCUT2D eigenvalue weighted by Crippen LogP contribution is 2.33. The average molecular weight is 552 g/mol. The Labute approximate surface area is 234 Å². The number of ether oxygens (including phenoxy) is 2. The van der Waals surface area contributed by atoms with Gasteiger partial charge in [0.15, 0.2) is 0 Å². The van der Waals surface area contributed by atoms with Crippen molar-refractivity contribution in [1.29, 1.82) is 5.41 Å². The Morgan fingerprint density at radius 3 is 2.30 bits per heavy atom. The van der Waals surface area contributed by atoms with Gasteiger partial charge in [-0.3, -0.25) is 25.2 Å². The predicted molar refractivity (Wildman–Crippen MR) is 149 cm³/mol. The molecule has 1 aliphatic heterocycles. The van der Waals surface area contributed by atoms with Crippen LogP contribution in [0, 0.1) is 5.41 Å². The number of methoxy groups -OCH3 is 1. The summed E-state index contributed by atoms with van der Waals surface area (Å²) in [6.45, 7) is 7.43. The number of likely N-dealkylation sites (tertiary alicyclic amines) is 1. The van der Waals surface area contributed by atoms with E-state index < -0.39 is 35.8 Å². The molecule has 4 N–H and O–H groups in total. The maximum atomic E-state index is 13.3. The molecule has 40 heavy (non-hydrogen) atoms. The second-order valence-electron chi connectivity index (χ2n) is 10.6. The Bertz CT molecular complexity index is 1230. The van der Waals surface area contributed by atoms with Gasteiger partial charge < -0.3 is 20.1 Å². The third-order valence-corrected chi connectivity index (χ3v) is 6.38. The molecule has 0 aromatic heterocycles. The zero-order valence-corrected chi connectivity index (χ0v) is 23.4. The van der Waals surface area contributed by atoms with E-state index in [0.717, 1.165) is 11.1 Å². The van der Waals surface area contributed by atoms with Crippen molar-refractivity contribution in [2.75, 3.05) is 13.7 Å². The topological polar surface area (TPSA) is 150 Å². The molecule has 1 aliphatic rings. The molecule has 0 bridgehead atoms. The molecule has 1 saturated heterocycles. The molecule has 4 amide bonds. The minimum atomic E-state index is -0.847. The van der Waals surface area contributed by atoms with E-state index in [0.29, 0.717) is 18.5 Å². The van der Waals surface area contributed by atoms with E-state index in [1.807, 2.05) is 30.3 Å². The molecule has 0 unspecified atom stereocenters. The molecule has 0 spiro atoms. The lowest BCUT2D eigenvalue weighted by Crippen LogP contribution is -2.52. The smallest absolute Gasteiger partial charge is 0.412 e. The second-order valence-corrected chi connectivity index (χ2v) is 10.6. The minimum absolute atomic E-state index is 0.0409. The monoisotopic (exact) mass is 551 g/mol. The van der Waals surface area contributed by atoms with Crippen LogP contribution in [0.4, 0.5) is 9.59 Å². The number of carbonyl (C=O) groups is 4. The van der Waals surface area contributed by atoms with Gasteiger partial charge in [0.05, 0.1) is 7.11 Å². The van der Waals surface area contributed by atoms with Gasteiger partial charge in [0.1, 0.15) is 23.5 Å². The summed E-state index contributed by atoms with van der Waals surface area (Å²) in [7, 11) is 1.21. The van der Waals surface area contributed by atoms with Crippen molar-refractivity contribution in [3.8, 4) is 0 Å². The number of nitrogens with one attached hydrogen (secondary N) is 4. The summed E-state index contributed by atoms with van der Waals surface area (Å²) < 4.78 is 10.0. The molecule has 2 aromatic rings. The summed E-state index contributed by atoms with van der Waals surface area (Å²) in [6, 6.07) is 14.8. The van der Waals surface area contributed by atoms with E-state index in [1.54, 1.807) is 52.0 Å². The maximum Gasteiger partial charge on any atom is 0.412 e. The fourth-order valence-electron chi connectivity index (χ4n) is 4.31. The van der Waals surface area contributed by atoms with Crippen LogP contribution in [0.15, 0.2) is 54.6 Å². The van der Waals surface area contributed by atoms with Crippen molar-refractivity contribution < 1.29 is 28.7 Å². The fraction of sp³-hybridized carbons (Fsp3) is 0.414. The van der Waals surface area contributed by atoms with E-state index >= 15 is 0 Å². The van der Waals surface area contributed by atoms with Crippen LogP contribution in [0.25, 0.3) is 0 Å². The van der Waals surface area contributed by atoms with E-state index in [4.69, 9.17) is 10.1 Å². The van der Waals surface area contributed by atoms with E-state index in [2.05, 4.69) is 20.7 Å². The summed E-state index contributed by atoms with van der Waals surface area (Å²) in [5.74, 6) is -0.964. The third-order valence-electron chi connectivity index (χ3n) is 6.38. The van der Waals surface area contributed by atoms with Crippen molar-refractivity contribution in [1.82, 2.24) is 20.9 Å².